The molecule has 0 fully saturated rings. The zero-order chi connectivity index (χ0) is 13.2. The second-order valence-electron chi connectivity index (χ2n) is 4.77. The number of hydrogen-bond acceptors (Lipinski definition) is 1. The third kappa shape index (κ3) is 2.64. The average molecular weight is 271 g/mol. The molecule has 0 saturated carbocycles. The van der Waals surface area contributed by atoms with E-state index in [9.17, 15) is 0 Å². The molecule has 0 aliphatic carbocycles. The van der Waals surface area contributed by atoms with Crippen molar-refractivity contribution in [3.8, 4) is 0 Å². The molecule has 3 aromatic rings. The van der Waals surface area contributed by atoms with Crippen molar-refractivity contribution in [2.45, 2.75) is 19.8 Å². The van der Waals surface area contributed by atoms with Gasteiger partial charge in [-0.2, -0.15) is 0 Å². The first kappa shape index (κ1) is 12.2. The van der Waals surface area contributed by atoms with Gasteiger partial charge in [0.05, 0.1) is 11.0 Å². The van der Waals surface area contributed by atoms with Gasteiger partial charge < -0.3 is 4.98 Å². The monoisotopic (exact) mass is 270 g/mol. The number of rotatable bonds is 3. The van der Waals surface area contributed by atoms with Crippen LogP contribution in [0.4, 0.5) is 0 Å². The molecule has 3 heteroatoms. The number of nitrogens with zero attached hydrogens (tertiary/aromatic N) is 1. The van der Waals surface area contributed by atoms with E-state index in [4.69, 9.17) is 11.6 Å². The standard InChI is InChI=1S/C16H15ClN2/c1-11-4-2-3-5-12(11)6-9-16-18-14-8-7-13(17)10-15(14)19-16/h2-5,7-8,10H,6,9H2,1H3,(H,18,19). The summed E-state index contributed by atoms with van der Waals surface area (Å²) < 4.78 is 0. The summed E-state index contributed by atoms with van der Waals surface area (Å²) in [7, 11) is 0. The van der Waals surface area contributed by atoms with Crippen LogP contribution in [0, 0.1) is 6.92 Å². The number of imidazole rings is 1. The molecular weight excluding hydrogens is 256 g/mol. The first-order valence-corrected chi connectivity index (χ1v) is 6.79. The van der Waals surface area contributed by atoms with Gasteiger partial charge in [-0.05, 0) is 42.7 Å². The maximum Gasteiger partial charge on any atom is 0.107 e. The summed E-state index contributed by atoms with van der Waals surface area (Å²) in [6.45, 7) is 2.15. The molecule has 0 amide bonds. The van der Waals surface area contributed by atoms with Gasteiger partial charge in [0.15, 0.2) is 0 Å². The number of benzene rings is 2. The van der Waals surface area contributed by atoms with Crippen molar-refractivity contribution in [1.82, 2.24) is 9.97 Å². The van der Waals surface area contributed by atoms with Gasteiger partial charge in [0.25, 0.3) is 0 Å². The summed E-state index contributed by atoms with van der Waals surface area (Å²) >= 11 is 5.97. The van der Waals surface area contributed by atoms with E-state index >= 15 is 0 Å². The molecule has 19 heavy (non-hydrogen) atoms. The van der Waals surface area contributed by atoms with Gasteiger partial charge in [-0.1, -0.05) is 35.9 Å². The Bertz CT molecular complexity index is 716. The normalized spacial score (nSPS) is 11.1. The van der Waals surface area contributed by atoms with Gasteiger partial charge in [-0.25, -0.2) is 4.98 Å². The molecule has 2 nitrogen and oxygen atoms in total. The Hall–Kier alpha value is -1.80. The van der Waals surface area contributed by atoms with Crippen LogP contribution in [0.1, 0.15) is 17.0 Å². The Morgan fingerprint density at radius 1 is 1.11 bits per heavy atom. The van der Waals surface area contributed by atoms with Crippen molar-refractivity contribution in [1.29, 1.82) is 0 Å². The lowest BCUT2D eigenvalue weighted by Crippen LogP contribution is -1.95. The molecular formula is C16H15ClN2. The molecule has 0 spiro atoms. The minimum Gasteiger partial charge on any atom is -0.342 e. The number of hydrogen-bond donors (Lipinski definition) is 1. The fourth-order valence-corrected chi connectivity index (χ4v) is 2.47. The SMILES string of the molecule is Cc1ccccc1CCc1nc2ccc(Cl)cc2[nH]1. The van der Waals surface area contributed by atoms with E-state index in [-0.39, 0.29) is 0 Å². The first-order valence-electron chi connectivity index (χ1n) is 6.41. The van der Waals surface area contributed by atoms with Crippen LogP contribution in [0.3, 0.4) is 0 Å². The molecule has 96 valence electrons. The lowest BCUT2D eigenvalue weighted by atomic mass is 10.0. The largest absolute Gasteiger partial charge is 0.342 e. The average Bonchev–Trinajstić information content (AvgIpc) is 2.79. The van der Waals surface area contributed by atoms with Gasteiger partial charge in [0, 0.05) is 11.4 Å². The topological polar surface area (TPSA) is 28.7 Å². The molecule has 0 saturated heterocycles. The molecule has 1 aromatic heterocycles. The zero-order valence-electron chi connectivity index (χ0n) is 10.8. The molecule has 0 radical (unpaired) electrons. The number of fused-ring (bicyclic) bond motifs is 1. The smallest absolute Gasteiger partial charge is 0.107 e. The second kappa shape index (κ2) is 5.06. The highest BCUT2D eigenvalue weighted by atomic mass is 35.5. The summed E-state index contributed by atoms with van der Waals surface area (Å²) in [6.07, 6.45) is 1.91. The zero-order valence-corrected chi connectivity index (χ0v) is 11.5. The molecule has 0 unspecified atom stereocenters. The number of halogens is 1. The van der Waals surface area contributed by atoms with Crippen LogP contribution < -0.4 is 0 Å². The van der Waals surface area contributed by atoms with E-state index in [1.807, 2.05) is 18.2 Å². The predicted molar refractivity (Wildman–Crippen MR) is 79.7 cm³/mol. The van der Waals surface area contributed by atoms with E-state index in [2.05, 4.69) is 41.2 Å². The number of aromatic amines is 1. The van der Waals surface area contributed by atoms with Crippen LogP contribution in [0.25, 0.3) is 11.0 Å². The van der Waals surface area contributed by atoms with Gasteiger partial charge in [-0.15, -0.1) is 0 Å². The number of aromatic nitrogens is 2. The third-order valence-electron chi connectivity index (χ3n) is 3.39. The number of aryl methyl sites for hydroxylation is 3. The van der Waals surface area contributed by atoms with E-state index in [0.717, 1.165) is 34.7 Å². The Morgan fingerprint density at radius 2 is 1.95 bits per heavy atom. The summed E-state index contributed by atoms with van der Waals surface area (Å²) in [4.78, 5) is 7.91. The van der Waals surface area contributed by atoms with Crippen molar-refractivity contribution in [2.24, 2.45) is 0 Å². The van der Waals surface area contributed by atoms with E-state index < -0.39 is 0 Å². The van der Waals surface area contributed by atoms with Crippen molar-refractivity contribution < 1.29 is 0 Å². The Kier molecular flexibility index (Phi) is 3.26. The van der Waals surface area contributed by atoms with Gasteiger partial charge in [-0.3, -0.25) is 0 Å². The van der Waals surface area contributed by atoms with Crippen LogP contribution >= 0.6 is 11.6 Å². The van der Waals surface area contributed by atoms with Crippen molar-refractivity contribution in [3.05, 3.63) is 64.4 Å². The van der Waals surface area contributed by atoms with E-state index in [1.54, 1.807) is 0 Å². The minimum atomic E-state index is 0.738. The van der Waals surface area contributed by atoms with Crippen molar-refractivity contribution in [3.63, 3.8) is 0 Å². The highest BCUT2D eigenvalue weighted by Crippen LogP contribution is 2.18. The van der Waals surface area contributed by atoms with Crippen molar-refractivity contribution in [2.75, 3.05) is 0 Å². The number of nitrogens with one attached hydrogen (secondary N) is 1. The minimum absolute atomic E-state index is 0.738. The summed E-state index contributed by atoms with van der Waals surface area (Å²) in [6, 6.07) is 14.2. The lowest BCUT2D eigenvalue weighted by molar-refractivity contribution is 0.884. The highest BCUT2D eigenvalue weighted by Gasteiger charge is 2.04. The van der Waals surface area contributed by atoms with E-state index in [1.165, 1.54) is 11.1 Å². The van der Waals surface area contributed by atoms with Crippen LogP contribution in [-0.4, -0.2) is 9.97 Å². The van der Waals surface area contributed by atoms with Crippen LogP contribution in [0.2, 0.25) is 5.02 Å². The lowest BCUT2D eigenvalue weighted by Gasteiger charge is -2.03. The van der Waals surface area contributed by atoms with Gasteiger partial charge in [0.1, 0.15) is 5.82 Å². The predicted octanol–water partition coefficient (Wildman–Crippen LogP) is 4.31. The Balaban J connectivity index is 1.80. The maximum absolute atomic E-state index is 5.97. The van der Waals surface area contributed by atoms with E-state index in [0.29, 0.717) is 0 Å². The molecule has 0 bridgehead atoms. The van der Waals surface area contributed by atoms with Gasteiger partial charge >= 0.3 is 0 Å². The Morgan fingerprint density at radius 3 is 2.79 bits per heavy atom. The summed E-state index contributed by atoms with van der Waals surface area (Å²) in [5.41, 5.74) is 4.69. The molecule has 1 N–H and O–H groups in total. The highest BCUT2D eigenvalue weighted by molar-refractivity contribution is 6.31. The molecule has 0 atom stereocenters. The molecule has 2 aromatic carbocycles. The Labute approximate surface area is 117 Å². The maximum atomic E-state index is 5.97. The summed E-state index contributed by atoms with van der Waals surface area (Å²) in [5.74, 6) is 1.01. The summed E-state index contributed by atoms with van der Waals surface area (Å²) in [5, 5.41) is 0.738. The molecule has 0 aliphatic heterocycles. The molecule has 1 heterocycles. The van der Waals surface area contributed by atoms with Gasteiger partial charge in [0.2, 0.25) is 0 Å². The molecule has 3 rings (SSSR count). The van der Waals surface area contributed by atoms with Crippen molar-refractivity contribution >= 4 is 22.6 Å². The number of H-pyrrole nitrogens is 1. The quantitative estimate of drug-likeness (QED) is 0.755. The third-order valence-corrected chi connectivity index (χ3v) is 3.62. The second-order valence-corrected chi connectivity index (χ2v) is 5.21. The van der Waals surface area contributed by atoms with Crippen LogP contribution in [0.15, 0.2) is 42.5 Å². The first-order chi connectivity index (χ1) is 9.22. The molecule has 0 aliphatic rings. The fourth-order valence-electron chi connectivity index (χ4n) is 2.30. The van der Waals surface area contributed by atoms with Crippen LogP contribution in [0.5, 0.6) is 0 Å². The fraction of sp³-hybridized carbons (Fsp3) is 0.188. The van der Waals surface area contributed by atoms with Crippen LogP contribution in [-0.2, 0) is 12.8 Å².